The van der Waals surface area contributed by atoms with Crippen molar-refractivity contribution in [3.63, 3.8) is 0 Å². The number of carbonyl (C=O) groups excluding carboxylic acids is 1. The van der Waals surface area contributed by atoms with Gasteiger partial charge in [-0.2, -0.15) is 4.98 Å². The molecule has 0 bridgehead atoms. The molecule has 1 aliphatic heterocycles. The zero-order valence-electron chi connectivity index (χ0n) is 14.6. The number of ketones is 1. The highest BCUT2D eigenvalue weighted by atomic mass is 16.2. The highest BCUT2D eigenvalue weighted by molar-refractivity contribution is 5.84. The van der Waals surface area contributed by atoms with Crippen molar-refractivity contribution in [3.05, 3.63) is 20.8 Å². The average molecular weight is 333 g/mol. The fourth-order valence-corrected chi connectivity index (χ4v) is 3.27. The molecule has 1 saturated heterocycles. The largest absolute Gasteiger partial charge is 0.342 e. The summed E-state index contributed by atoms with van der Waals surface area (Å²) in [6, 6.07) is -0.517. The summed E-state index contributed by atoms with van der Waals surface area (Å²) in [5.74, 6) is 0.550. The Morgan fingerprint density at radius 3 is 2.29 bits per heavy atom. The predicted octanol–water partition coefficient (Wildman–Crippen LogP) is 0.574. The van der Waals surface area contributed by atoms with Gasteiger partial charge in [0.25, 0.3) is 5.56 Å². The van der Waals surface area contributed by atoms with Gasteiger partial charge in [-0.05, 0) is 33.1 Å². The molecule has 2 aromatic rings. The number of fused-ring (bicyclic) bond motifs is 1. The second-order valence-electron chi connectivity index (χ2n) is 6.49. The normalized spacial score (nSPS) is 16.6. The van der Waals surface area contributed by atoms with Gasteiger partial charge < -0.3 is 4.90 Å². The van der Waals surface area contributed by atoms with Crippen LogP contribution in [0.15, 0.2) is 9.59 Å². The molecule has 3 rings (SSSR count). The molecule has 1 aliphatic rings. The molecule has 0 unspecified atom stereocenters. The van der Waals surface area contributed by atoms with E-state index in [1.54, 1.807) is 18.5 Å². The van der Waals surface area contributed by atoms with Crippen LogP contribution in [-0.4, -0.2) is 37.6 Å². The number of rotatable bonds is 3. The van der Waals surface area contributed by atoms with E-state index >= 15 is 0 Å². The molecule has 3 heterocycles. The maximum absolute atomic E-state index is 12.7. The van der Waals surface area contributed by atoms with Crippen molar-refractivity contribution >= 4 is 22.9 Å². The molecule has 0 radical (unpaired) electrons. The van der Waals surface area contributed by atoms with Crippen molar-refractivity contribution in [2.24, 2.45) is 14.1 Å². The maximum atomic E-state index is 12.7. The lowest BCUT2D eigenvalue weighted by molar-refractivity contribution is -0.119. The molecular formula is C16H23N5O3. The Labute approximate surface area is 139 Å². The Kier molecular flexibility index (Phi) is 4.06. The first kappa shape index (κ1) is 16.5. The molecule has 2 aromatic heterocycles. The fraction of sp³-hybridized carbons (Fsp3) is 0.625. The van der Waals surface area contributed by atoms with Crippen LogP contribution in [0, 0.1) is 0 Å². The minimum Gasteiger partial charge on any atom is -0.342 e. The number of hydrogen-bond donors (Lipinski definition) is 0. The van der Waals surface area contributed by atoms with E-state index in [-0.39, 0.29) is 5.78 Å². The summed E-state index contributed by atoms with van der Waals surface area (Å²) in [5, 5.41) is 0. The molecule has 0 aromatic carbocycles. The van der Waals surface area contributed by atoms with Gasteiger partial charge in [-0.1, -0.05) is 0 Å². The van der Waals surface area contributed by atoms with Gasteiger partial charge in [-0.15, -0.1) is 0 Å². The Morgan fingerprint density at radius 1 is 1.08 bits per heavy atom. The van der Waals surface area contributed by atoms with Crippen molar-refractivity contribution in [2.75, 3.05) is 18.0 Å². The zero-order valence-corrected chi connectivity index (χ0v) is 14.6. The lowest BCUT2D eigenvalue weighted by Gasteiger charge is -2.29. The molecule has 0 N–H and O–H groups in total. The van der Waals surface area contributed by atoms with Crippen LogP contribution >= 0.6 is 0 Å². The summed E-state index contributed by atoms with van der Waals surface area (Å²) in [5.41, 5.74) is -0.200. The fourth-order valence-electron chi connectivity index (χ4n) is 3.27. The van der Waals surface area contributed by atoms with E-state index in [9.17, 15) is 14.4 Å². The lowest BCUT2D eigenvalue weighted by atomic mass is 10.1. The van der Waals surface area contributed by atoms with Crippen LogP contribution in [0.2, 0.25) is 0 Å². The van der Waals surface area contributed by atoms with Gasteiger partial charge in [0.15, 0.2) is 16.9 Å². The molecule has 0 spiro atoms. The van der Waals surface area contributed by atoms with Gasteiger partial charge in [0, 0.05) is 27.2 Å². The SMILES string of the molecule is CC(=O)[C@H](C)n1c(N2CCCCC2)nc2c1c(=O)n(C)c(=O)n2C. The van der Waals surface area contributed by atoms with E-state index in [1.807, 2.05) is 0 Å². The number of aryl methyl sites for hydroxylation is 1. The molecule has 8 nitrogen and oxygen atoms in total. The average Bonchev–Trinajstić information content (AvgIpc) is 2.98. The van der Waals surface area contributed by atoms with Gasteiger partial charge in [-0.3, -0.25) is 23.3 Å². The molecule has 130 valence electrons. The monoisotopic (exact) mass is 333 g/mol. The molecule has 0 aliphatic carbocycles. The topological polar surface area (TPSA) is 82.1 Å². The summed E-state index contributed by atoms with van der Waals surface area (Å²) < 4.78 is 4.13. The van der Waals surface area contributed by atoms with Crippen molar-refractivity contribution < 1.29 is 4.79 Å². The molecular weight excluding hydrogens is 310 g/mol. The molecule has 1 atom stereocenters. The Hall–Kier alpha value is -2.38. The summed E-state index contributed by atoms with van der Waals surface area (Å²) in [6.07, 6.45) is 3.27. The zero-order chi connectivity index (χ0) is 17.6. The van der Waals surface area contributed by atoms with E-state index in [4.69, 9.17) is 0 Å². The van der Waals surface area contributed by atoms with E-state index in [2.05, 4.69) is 9.88 Å². The number of Topliss-reactive ketones (excluding diaryl/α,β-unsaturated/α-hetero) is 1. The second kappa shape index (κ2) is 5.92. The van der Waals surface area contributed by atoms with Crippen LogP contribution in [-0.2, 0) is 18.9 Å². The maximum Gasteiger partial charge on any atom is 0.332 e. The van der Waals surface area contributed by atoms with E-state index in [1.165, 1.54) is 25.0 Å². The summed E-state index contributed by atoms with van der Waals surface area (Å²) in [7, 11) is 3.04. The Bertz CT molecular complexity index is 914. The van der Waals surface area contributed by atoms with Crippen molar-refractivity contribution in [3.8, 4) is 0 Å². The number of aromatic nitrogens is 4. The van der Waals surface area contributed by atoms with Gasteiger partial charge >= 0.3 is 5.69 Å². The summed E-state index contributed by atoms with van der Waals surface area (Å²) in [4.78, 5) is 43.6. The van der Waals surface area contributed by atoms with Crippen molar-refractivity contribution in [1.82, 2.24) is 18.7 Å². The molecule has 24 heavy (non-hydrogen) atoms. The van der Waals surface area contributed by atoms with Crippen molar-refractivity contribution in [2.45, 2.75) is 39.2 Å². The molecule has 8 heteroatoms. The molecule has 0 saturated carbocycles. The highest BCUT2D eigenvalue weighted by Gasteiger charge is 2.27. The number of anilines is 1. The van der Waals surface area contributed by atoms with Crippen LogP contribution in [0.5, 0.6) is 0 Å². The third-order valence-corrected chi connectivity index (χ3v) is 4.89. The number of piperidine rings is 1. The van der Waals surface area contributed by atoms with Crippen molar-refractivity contribution in [1.29, 1.82) is 0 Å². The summed E-state index contributed by atoms with van der Waals surface area (Å²) >= 11 is 0. The Balaban J connectivity index is 2.39. The third-order valence-electron chi connectivity index (χ3n) is 4.89. The first-order valence-electron chi connectivity index (χ1n) is 8.28. The van der Waals surface area contributed by atoms with Crippen LogP contribution in [0.4, 0.5) is 5.95 Å². The second-order valence-corrected chi connectivity index (χ2v) is 6.49. The highest BCUT2D eigenvalue weighted by Crippen LogP contribution is 2.27. The summed E-state index contributed by atoms with van der Waals surface area (Å²) in [6.45, 7) is 4.94. The first-order chi connectivity index (χ1) is 11.3. The van der Waals surface area contributed by atoms with Gasteiger partial charge in [0.2, 0.25) is 5.95 Å². The minimum atomic E-state index is -0.517. The predicted molar refractivity (Wildman–Crippen MR) is 91.7 cm³/mol. The number of hydrogen-bond acceptors (Lipinski definition) is 5. The molecule has 0 amide bonds. The molecule has 1 fully saturated rings. The Morgan fingerprint density at radius 2 is 1.71 bits per heavy atom. The number of carbonyl (C=O) groups is 1. The van der Waals surface area contributed by atoms with Gasteiger partial charge in [0.1, 0.15) is 0 Å². The van der Waals surface area contributed by atoms with E-state index < -0.39 is 17.3 Å². The van der Waals surface area contributed by atoms with Crippen LogP contribution < -0.4 is 16.1 Å². The van der Waals surface area contributed by atoms with Gasteiger partial charge in [-0.25, -0.2) is 4.79 Å². The number of nitrogens with zero attached hydrogens (tertiary/aromatic N) is 5. The number of imidazole rings is 1. The van der Waals surface area contributed by atoms with E-state index in [0.29, 0.717) is 17.1 Å². The quantitative estimate of drug-likeness (QED) is 0.820. The third kappa shape index (κ3) is 2.37. The minimum absolute atomic E-state index is 0.0523. The lowest BCUT2D eigenvalue weighted by Crippen LogP contribution is -2.38. The van der Waals surface area contributed by atoms with Crippen LogP contribution in [0.3, 0.4) is 0 Å². The van der Waals surface area contributed by atoms with E-state index in [0.717, 1.165) is 30.5 Å². The van der Waals surface area contributed by atoms with Gasteiger partial charge in [0.05, 0.1) is 6.04 Å². The smallest absolute Gasteiger partial charge is 0.332 e. The standard InChI is InChI=1S/C16H23N5O3/c1-10(11(2)22)21-12-13(18(3)16(24)19(4)14(12)23)17-15(21)20-8-6-5-7-9-20/h10H,5-9H2,1-4H3/t10-/m0/s1. The van der Waals surface area contributed by atoms with Crippen LogP contribution in [0.1, 0.15) is 39.2 Å². The first-order valence-corrected chi connectivity index (χ1v) is 8.28. The van der Waals surface area contributed by atoms with Crippen LogP contribution in [0.25, 0.3) is 11.2 Å².